The van der Waals surface area contributed by atoms with Crippen LogP contribution in [0.3, 0.4) is 0 Å². The van der Waals surface area contributed by atoms with Crippen molar-refractivity contribution in [2.75, 3.05) is 19.0 Å². The average molecular weight is 427 g/mol. The van der Waals surface area contributed by atoms with E-state index in [9.17, 15) is 4.79 Å². The standard InChI is InChI=1S/C22H30N6O3/c1-14(19-8-7-17(30-6)12-23-19)9-10-31-21-11-20(22(29)28(5)26-21)24-13-18-15(2)25-27(4)16(18)3/h7-8,11-12,14,24H,9-10,13H2,1-6H3. The summed E-state index contributed by atoms with van der Waals surface area (Å²) in [4.78, 5) is 16.9. The van der Waals surface area contributed by atoms with Crippen LogP contribution in [0.15, 0.2) is 29.2 Å². The monoisotopic (exact) mass is 426 g/mol. The van der Waals surface area contributed by atoms with Gasteiger partial charge < -0.3 is 14.8 Å². The fraction of sp³-hybridized carbons (Fsp3) is 0.455. The first-order valence-corrected chi connectivity index (χ1v) is 10.2. The van der Waals surface area contributed by atoms with Crippen LogP contribution in [0.25, 0.3) is 0 Å². The maximum absolute atomic E-state index is 12.5. The number of methoxy groups -OCH3 is 1. The number of hydrogen-bond acceptors (Lipinski definition) is 7. The highest BCUT2D eigenvalue weighted by atomic mass is 16.5. The molecule has 1 unspecified atom stereocenters. The van der Waals surface area contributed by atoms with Gasteiger partial charge in [0.25, 0.3) is 5.56 Å². The van der Waals surface area contributed by atoms with Gasteiger partial charge in [-0.25, -0.2) is 4.68 Å². The van der Waals surface area contributed by atoms with Crippen LogP contribution >= 0.6 is 0 Å². The van der Waals surface area contributed by atoms with Gasteiger partial charge in [0.1, 0.15) is 11.4 Å². The average Bonchev–Trinajstić information content (AvgIpc) is 3.00. The lowest BCUT2D eigenvalue weighted by atomic mass is 10.0. The summed E-state index contributed by atoms with van der Waals surface area (Å²) in [6.45, 7) is 7.03. The molecule has 3 rings (SSSR count). The molecule has 9 nitrogen and oxygen atoms in total. The van der Waals surface area contributed by atoms with E-state index in [1.165, 1.54) is 4.68 Å². The van der Waals surface area contributed by atoms with Gasteiger partial charge in [0.2, 0.25) is 5.88 Å². The molecule has 0 fully saturated rings. The fourth-order valence-corrected chi connectivity index (χ4v) is 3.33. The molecule has 0 aliphatic carbocycles. The molecule has 9 heteroatoms. The van der Waals surface area contributed by atoms with E-state index in [0.29, 0.717) is 24.7 Å². The Bertz CT molecular complexity index is 1090. The van der Waals surface area contributed by atoms with Crippen LogP contribution in [0.2, 0.25) is 0 Å². The van der Waals surface area contributed by atoms with Crippen molar-refractivity contribution in [2.45, 2.75) is 39.7 Å². The van der Waals surface area contributed by atoms with Gasteiger partial charge in [-0.15, -0.1) is 5.10 Å². The number of pyridine rings is 1. The Morgan fingerprint density at radius 2 is 1.94 bits per heavy atom. The van der Waals surface area contributed by atoms with Gasteiger partial charge in [-0.1, -0.05) is 6.92 Å². The van der Waals surface area contributed by atoms with Crippen molar-refractivity contribution in [2.24, 2.45) is 14.1 Å². The molecule has 0 amide bonds. The molecular formula is C22H30N6O3. The number of aromatic nitrogens is 5. The number of rotatable bonds is 9. The van der Waals surface area contributed by atoms with Gasteiger partial charge in [0.05, 0.1) is 25.6 Å². The molecule has 0 spiro atoms. The van der Waals surface area contributed by atoms with E-state index in [2.05, 4.69) is 27.4 Å². The zero-order chi connectivity index (χ0) is 22.5. The third kappa shape index (κ3) is 5.22. The zero-order valence-corrected chi connectivity index (χ0v) is 19.0. The van der Waals surface area contributed by atoms with Crippen molar-refractivity contribution < 1.29 is 9.47 Å². The van der Waals surface area contributed by atoms with Crippen LogP contribution in [0.5, 0.6) is 11.6 Å². The lowest BCUT2D eigenvalue weighted by Gasteiger charge is -2.13. The second-order valence-corrected chi connectivity index (χ2v) is 7.61. The van der Waals surface area contributed by atoms with Gasteiger partial charge in [-0.3, -0.25) is 14.5 Å². The molecule has 1 N–H and O–H groups in total. The first-order chi connectivity index (χ1) is 14.8. The second-order valence-electron chi connectivity index (χ2n) is 7.61. The predicted molar refractivity (Wildman–Crippen MR) is 119 cm³/mol. The van der Waals surface area contributed by atoms with Gasteiger partial charge in [0.15, 0.2) is 0 Å². The van der Waals surface area contributed by atoms with Gasteiger partial charge in [0, 0.05) is 49.6 Å². The summed E-state index contributed by atoms with van der Waals surface area (Å²) in [5.74, 6) is 1.35. The quantitative estimate of drug-likeness (QED) is 0.562. The minimum Gasteiger partial charge on any atom is -0.495 e. The summed E-state index contributed by atoms with van der Waals surface area (Å²) in [5.41, 5.74) is 4.29. The molecule has 0 saturated heterocycles. The molecule has 0 aliphatic rings. The molecule has 0 aromatic carbocycles. The van der Waals surface area contributed by atoms with E-state index in [1.807, 2.05) is 37.7 Å². The summed E-state index contributed by atoms with van der Waals surface area (Å²) in [5, 5.41) is 11.8. The van der Waals surface area contributed by atoms with Gasteiger partial charge in [-0.2, -0.15) is 5.10 Å². The van der Waals surface area contributed by atoms with E-state index in [-0.39, 0.29) is 11.5 Å². The lowest BCUT2D eigenvalue weighted by Crippen LogP contribution is -2.24. The molecule has 1 atom stereocenters. The SMILES string of the molecule is COc1ccc(C(C)CCOc2cc(NCc3c(C)nn(C)c3C)c(=O)n(C)n2)nc1. The Hall–Kier alpha value is -3.36. The molecule has 0 bridgehead atoms. The highest BCUT2D eigenvalue weighted by molar-refractivity contribution is 5.44. The first kappa shape index (κ1) is 22.3. The van der Waals surface area contributed by atoms with Crippen LogP contribution in [0, 0.1) is 13.8 Å². The van der Waals surface area contributed by atoms with Crippen molar-refractivity contribution in [1.82, 2.24) is 24.5 Å². The van der Waals surface area contributed by atoms with Crippen LogP contribution in [0.1, 0.15) is 41.9 Å². The number of aryl methyl sites for hydroxylation is 3. The normalized spacial score (nSPS) is 11.9. The third-order valence-electron chi connectivity index (χ3n) is 5.46. The van der Waals surface area contributed by atoms with Gasteiger partial charge in [-0.05, 0) is 32.4 Å². The lowest BCUT2D eigenvalue weighted by molar-refractivity contribution is 0.281. The maximum Gasteiger partial charge on any atom is 0.290 e. The topological polar surface area (TPSA) is 96.1 Å². The van der Waals surface area contributed by atoms with Crippen molar-refractivity contribution in [3.63, 3.8) is 0 Å². The molecule has 0 saturated carbocycles. The van der Waals surface area contributed by atoms with E-state index < -0.39 is 0 Å². The Morgan fingerprint density at radius 1 is 1.16 bits per heavy atom. The van der Waals surface area contributed by atoms with E-state index in [0.717, 1.165) is 34.8 Å². The van der Waals surface area contributed by atoms with E-state index >= 15 is 0 Å². The highest BCUT2D eigenvalue weighted by Gasteiger charge is 2.13. The third-order valence-corrected chi connectivity index (χ3v) is 5.46. The van der Waals surface area contributed by atoms with Crippen molar-refractivity contribution in [1.29, 1.82) is 0 Å². The number of ether oxygens (including phenoxy) is 2. The Morgan fingerprint density at radius 3 is 2.55 bits per heavy atom. The van der Waals surface area contributed by atoms with Crippen LogP contribution in [0.4, 0.5) is 5.69 Å². The smallest absolute Gasteiger partial charge is 0.290 e. The Kier molecular flexibility index (Phi) is 6.94. The van der Waals surface area contributed by atoms with E-state index in [4.69, 9.17) is 9.47 Å². The summed E-state index contributed by atoms with van der Waals surface area (Å²) < 4.78 is 14.1. The fourth-order valence-electron chi connectivity index (χ4n) is 3.33. The minimum absolute atomic E-state index is 0.206. The van der Waals surface area contributed by atoms with E-state index in [1.54, 1.807) is 26.4 Å². The Balaban J connectivity index is 1.62. The van der Waals surface area contributed by atoms with Crippen molar-refractivity contribution in [3.05, 3.63) is 57.4 Å². The first-order valence-electron chi connectivity index (χ1n) is 10.2. The Labute approximate surface area is 182 Å². The predicted octanol–water partition coefficient (Wildman–Crippen LogP) is 2.72. The number of nitrogens with one attached hydrogen (secondary N) is 1. The number of anilines is 1. The van der Waals surface area contributed by atoms with Crippen molar-refractivity contribution >= 4 is 5.69 Å². The van der Waals surface area contributed by atoms with Crippen LogP contribution in [-0.2, 0) is 20.6 Å². The second kappa shape index (κ2) is 9.63. The minimum atomic E-state index is -0.206. The highest BCUT2D eigenvalue weighted by Crippen LogP contribution is 2.20. The number of nitrogens with zero attached hydrogens (tertiary/aromatic N) is 5. The molecule has 166 valence electrons. The molecule has 3 aromatic heterocycles. The summed E-state index contributed by atoms with van der Waals surface area (Å²) in [6, 6.07) is 5.51. The van der Waals surface area contributed by atoms with Crippen molar-refractivity contribution in [3.8, 4) is 11.6 Å². The summed E-state index contributed by atoms with van der Waals surface area (Å²) >= 11 is 0. The number of hydrogen-bond donors (Lipinski definition) is 1. The maximum atomic E-state index is 12.5. The zero-order valence-electron chi connectivity index (χ0n) is 19.0. The molecule has 0 radical (unpaired) electrons. The molecule has 3 aromatic rings. The molecular weight excluding hydrogens is 396 g/mol. The molecule has 3 heterocycles. The van der Waals surface area contributed by atoms with Crippen LogP contribution in [-0.4, -0.2) is 38.3 Å². The molecule has 0 aliphatic heterocycles. The largest absolute Gasteiger partial charge is 0.495 e. The summed E-state index contributed by atoms with van der Waals surface area (Å²) in [6.07, 6.45) is 2.48. The van der Waals surface area contributed by atoms with Crippen LogP contribution < -0.4 is 20.3 Å². The summed E-state index contributed by atoms with van der Waals surface area (Å²) in [7, 11) is 5.15. The molecule has 31 heavy (non-hydrogen) atoms. The van der Waals surface area contributed by atoms with Gasteiger partial charge >= 0.3 is 0 Å².